The highest BCUT2D eigenvalue weighted by Gasteiger charge is 2.37. The molecule has 0 bridgehead atoms. The number of rotatable bonds is 1. The van der Waals surface area contributed by atoms with Gasteiger partial charge in [-0.25, -0.2) is 4.98 Å². The summed E-state index contributed by atoms with van der Waals surface area (Å²) in [6, 6.07) is 0.774. The van der Waals surface area contributed by atoms with Crippen LogP contribution in [-0.4, -0.2) is 62.6 Å². The monoisotopic (exact) mass is 249 g/mol. The Morgan fingerprint density at radius 1 is 1.44 bits per heavy atom. The highest BCUT2D eigenvalue weighted by atomic mass is 16.2. The number of piperazine rings is 1. The van der Waals surface area contributed by atoms with Gasteiger partial charge in [0.2, 0.25) is 5.82 Å². The standard InChI is InChI=1S/C12H19N5O/c1-8-6-16-5-3-4-10(16)7-17(8)12(18)11-13-9(2)14-15-11/h8,10H,3-7H2,1-2H3,(H,13,14,15). The molecule has 3 rings (SSSR count). The van der Waals surface area contributed by atoms with Gasteiger partial charge in [-0.1, -0.05) is 0 Å². The zero-order valence-corrected chi connectivity index (χ0v) is 10.9. The summed E-state index contributed by atoms with van der Waals surface area (Å²) in [5, 5.41) is 6.70. The quantitative estimate of drug-likeness (QED) is 0.783. The third kappa shape index (κ3) is 1.90. The second-order valence-corrected chi connectivity index (χ2v) is 5.34. The van der Waals surface area contributed by atoms with E-state index in [9.17, 15) is 4.79 Å². The molecule has 2 fully saturated rings. The van der Waals surface area contributed by atoms with Crippen LogP contribution in [-0.2, 0) is 0 Å². The molecule has 2 atom stereocenters. The van der Waals surface area contributed by atoms with E-state index in [2.05, 4.69) is 27.0 Å². The molecule has 6 nitrogen and oxygen atoms in total. The molecule has 0 spiro atoms. The molecular weight excluding hydrogens is 230 g/mol. The molecule has 98 valence electrons. The van der Waals surface area contributed by atoms with Gasteiger partial charge < -0.3 is 4.90 Å². The van der Waals surface area contributed by atoms with Crippen molar-refractivity contribution in [2.75, 3.05) is 19.6 Å². The fourth-order valence-corrected chi connectivity index (χ4v) is 3.04. The molecule has 1 aromatic rings. The molecule has 2 unspecified atom stereocenters. The molecule has 1 amide bonds. The number of nitrogens with one attached hydrogen (secondary N) is 1. The molecular formula is C12H19N5O. The second-order valence-electron chi connectivity index (χ2n) is 5.34. The van der Waals surface area contributed by atoms with Gasteiger partial charge in [-0.05, 0) is 33.2 Å². The Morgan fingerprint density at radius 2 is 2.28 bits per heavy atom. The van der Waals surface area contributed by atoms with Crippen molar-refractivity contribution in [3.05, 3.63) is 11.6 Å². The van der Waals surface area contributed by atoms with Crippen molar-refractivity contribution in [3.63, 3.8) is 0 Å². The largest absolute Gasteiger partial charge is 0.330 e. The highest BCUT2D eigenvalue weighted by molar-refractivity contribution is 5.90. The molecule has 2 saturated heterocycles. The van der Waals surface area contributed by atoms with Gasteiger partial charge in [0.15, 0.2) is 0 Å². The van der Waals surface area contributed by atoms with Crippen molar-refractivity contribution in [1.29, 1.82) is 0 Å². The van der Waals surface area contributed by atoms with Gasteiger partial charge >= 0.3 is 0 Å². The molecule has 0 aromatic carbocycles. The number of aromatic nitrogens is 3. The van der Waals surface area contributed by atoms with Gasteiger partial charge in [0.05, 0.1) is 0 Å². The summed E-state index contributed by atoms with van der Waals surface area (Å²) in [6.45, 7) is 6.87. The topological polar surface area (TPSA) is 65.1 Å². The van der Waals surface area contributed by atoms with Crippen LogP contribution in [0.1, 0.15) is 36.2 Å². The van der Waals surface area contributed by atoms with Gasteiger partial charge in [-0.15, -0.1) is 5.10 Å². The van der Waals surface area contributed by atoms with Gasteiger partial charge in [0.1, 0.15) is 5.82 Å². The van der Waals surface area contributed by atoms with E-state index in [1.165, 1.54) is 19.4 Å². The Bertz CT molecular complexity index is 457. The van der Waals surface area contributed by atoms with E-state index in [-0.39, 0.29) is 11.9 Å². The molecule has 6 heteroatoms. The lowest BCUT2D eigenvalue weighted by Crippen LogP contribution is -2.56. The number of fused-ring (bicyclic) bond motifs is 1. The Balaban J connectivity index is 1.77. The maximum absolute atomic E-state index is 12.4. The molecule has 0 aliphatic carbocycles. The average Bonchev–Trinajstić information content (AvgIpc) is 2.95. The number of H-pyrrole nitrogens is 1. The van der Waals surface area contributed by atoms with E-state index in [0.717, 1.165) is 13.1 Å². The molecule has 3 heterocycles. The first kappa shape index (κ1) is 11.6. The van der Waals surface area contributed by atoms with Gasteiger partial charge in [-0.2, -0.15) is 0 Å². The van der Waals surface area contributed by atoms with Crippen molar-refractivity contribution in [1.82, 2.24) is 25.0 Å². The first-order valence-electron chi connectivity index (χ1n) is 6.59. The van der Waals surface area contributed by atoms with Crippen LogP contribution >= 0.6 is 0 Å². The Labute approximate surface area is 106 Å². The van der Waals surface area contributed by atoms with E-state index in [4.69, 9.17) is 0 Å². The highest BCUT2D eigenvalue weighted by Crippen LogP contribution is 2.25. The van der Waals surface area contributed by atoms with E-state index in [0.29, 0.717) is 17.7 Å². The van der Waals surface area contributed by atoms with Crippen LogP contribution in [0.3, 0.4) is 0 Å². The number of hydrogen-bond acceptors (Lipinski definition) is 4. The summed E-state index contributed by atoms with van der Waals surface area (Å²) in [5.74, 6) is 0.940. The minimum absolute atomic E-state index is 0.0431. The molecule has 2 aliphatic heterocycles. The minimum Gasteiger partial charge on any atom is -0.330 e. The molecule has 18 heavy (non-hydrogen) atoms. The summed E-state index contributed by atoms with van der Waals surface area (Å²) in [4.78, 5) is 20.9. The summed E-state index contributed by atoms with van der Waals surface area (Å²) in [7, 11) is 0. The molecule has 1 N–H and O–H groups in total. The van der Waals surface area contributed by atoms with Crippen LogP contribution in [0, 0.1) is 6.92 Å². The number of aryl methyl sites for hydroxylation is 1. The number of hydrogen-bond donors (Lipinski definition) is 1. The van der Waals surface area contributed by atoms with E-state index < -0.39 is 0 Å². The van der Waals surface area contributed by atoms with Gasteiger partial charge in [0, 0.05) is 25.2 Å². The first-order valence-corrected chi connectivity index (χ1v) is 6.59. The zero-order valence-electron chi connectivity index (χ0n) is 10.9. The third-order valence-electron chi connectivity index (χ3n) is 3.99. The van der Waals surface area contributed by atoms with Crippen molar-refractivity contribution in [2.45, 2.75) is 38.8 Å². The lowest BCUT2D eigenvalue weighted by Gasteiger charge is -2.41. The van der Waals surface area contributed by atoms with Crippen molar-refractivity contribution >= 4 is 5.91 Å². The summed E-state index contributed by atoms with van der Waals surface area (Å²) in [5.41, 5.74) is 0. The van der Waals surface area contributed by atoms with E-state index in [1.54, 1.807) is 0 Å². The SMILES string of the molecule is Cc1nc(C(=O)N2CC3CCCN3CC2C)n[nH]1. The predicted molar refractivity (Wildman–Crippen MR) is 66.2 cm³/mol. The molecule has 1 aromatic heterocycles. The van der Waals surface area contributed by atoms with Gasteiger partial charge in [0.25, 0.3) is 5.91 Å². The number of nitrogens with zero attached hydrogens (tertiary/aromatic N) is 4. The van der Waals surface area contributed by atoms with E-state index in [1.807, 2.05) is 11.8 Å². The van der Waals surface area contributed by atoms with Crippen molar-refractivity contribution < 1.29 is 4.79 Å². The Kier molecular flexibility index (Phi) is 2.81. The lowest BCUT2D eigenvalue weighted by molar-refractivity contribution is 0.0385. The number of carbonyl (C=O) groups excluding carboxylic acids is 1. The first-order chi connectivity index (χ1) is 8.65. The minimum atomic E-state index is -0.0431. The zero-order chi connectivity index (χ0) is 12.7. The molecule has 0 radical (unpaired) electrons. The Hall–Kier alpha value is -1.43. The molecule has 2 aliphatic rings. The molecule has 0 saturated carbocycles. The predicted octanol–water partition coefficient (Wildman–Crippen LogP) is 0.422. The number of aromatic amines is 1. The maximum atomic E-state index is 12.4. The second kappa shape index (κ2) is 4.35. The summed E-state index contributed by atoms with van der Waals surface area (Å²) >= 11 is 0. The number of carbonyl (C=O) groups is 1. The smallest absolute Gasteiger partial charge is 0.293 e. The fraction of sp³-hybridized carbons (Fsp3) is 0.750. The van der Waals surface area contributed by atoms with Crippen LogP contribution in [0.5, 0.6) is 0 Å². The van der Waals surface area contributed by atoms with Crippen LogP contribution in [0.2, 0.25) is 0 Å². The number of amides is 1. The van der Waals surface area contributed by atoms with Crippen molar-refractivity contribution in [3.8, 4) is 0 Å². The summed E-state index contributed by atoms with van der Waals surface area (Å²) in [6.07, 6.45) is 2.45. The summed E-state index contributed by atoms with van der Waals surface area (Å²) < 4.78 is 0. The lowest BCUT2D eigenvalue weighted by atomic mass is 10.1. The van der Waals surface area contributed by atoms with Crippen LogP contribution in [0.15, 0.2) is 0 Å². The normalized spacial score (nSPS) is 28.4. The maximum Gasteiger partial charge on any atom is 0.293 e. The van der Waals surface area contributed by atoms with E-state index >= 15 is 0 Å². The fourth-order valence-electron chi connectivity index (χ4n) is 3.04. The third-order valence-corrected chi connectivity index (χ3v) is 3.99. The van der Waals surface area contributed by atoms with Crippen LogP contribution in [0.25, 0.3) is 0 Å². The van der Waals surface area contributed by atoms with Crippen LogP contribution < -0.4 is 0 Å². The average molecular weight is 249 g/mol. The van der Waals surface area contributed by atoms with Gasteiger partial charge in [-0.3, -0.25) is 14.8 Å². The van der Waals surface area contributed by atoms with Crippen molar-refractivity contribution in [2.24, 2.45) is 0 Å². The van der Waals surface area contributed by atoms with Crippen LogP contribution in [0.4, 0.5) is 0 Å². The Morgan fingerprint density at radius 3 is 3.00 bits per heavy atom.